The predicted octanol–water partition coefficient (Wildman–Crippen LogP) is 5.85. The van der Waals surface area contributed by atoms with Crippen LogP contribution in [0, 0.1) is 0 Å². The highest BCUT2D eigenvalue weighted by atomic mass is 32.2. The van der Waals surface area contributed by atoms with Crippen LogP contribution in [0.2, 0.25) is 0 Å². The number of likely N-dealkylation sites (N-methyl/N-ethyl adjacent to an activating group) is 1. The van der Waals surface area contributed by atoms with Gasteiger partial charge in [0.25, 0.3) is 5.91 Å². The smallest absolute Gasteiger partial charge is 0.338 e. The van der Waals surface area contributed by atoms with Crippen molar-refractivity contribution in [3.05, 3.63) is 113 Å². The van der Waals surface area contributed by atoms with Gasteiger partial charge in [0.15, 0.2) is 6.61 Å². The molecule has 1 unspecified atom stereocenters. The lowest BCUT2D eigenvalue weighted by Gasteiger charge is -2.28. The zero-order valence-electron chi connectivity index (χ0n) is 24.5. The van der Waals surface area contributed by atoms with Crippen molar-refractivity contribution in [3.8, 4) is 5.75 Å². The summed E-state index contributed by atoms with van der Waals surface area (Å²) in [5.74, 6) is 1.31. The van der Waals surface area contributed by atoms with E-state index in [0.29, 0.717) is 47.0 Å². The molecule has 0 aliphatic carbocycles. The van der Waals surface area contributed by atoms with Gasteiger partial charge in [-0.2, -0.15) is 4.98 Å². The number of fused-ring (bicyclic) bond motifs is 1. The summed E-state index contributed by atoms with van der Waals surface area (Å²) >= 11 is 1.53. The van der Waals surface area contributed by atoms with Crippen LogP contribution in [0.5, 0.6) is 5.75 Å². The molecule has 0 spiro atoms. The molecule has 5 rings (SSSR count). The van der Waals surface area contributed by atoms with Gasteiger partial charge in [-0.25, -0.2) is 9.48 Å². The number of anilines is 1. The second kappa shape index (κ2) is 14.1. The first-order chi connectivity index (χ1) is 21.0. The molecule has 3 aromatic carbocycles. The first kappa shape index (κ1) is 29.9. The second-order valence-electron chi connectivity index (χ2n) is 9.99. The lowest BCUT2D eigenvalue weighted by atomic mass is 9.95. The number of benzene rings is 3. The largest absolute Gasteiger partial charge is 0.484 e. The molecule has 2 heterocycles. The molecule has 1 aliphatic heterocycles. The van der Waals surface area contributed by atoms with Crippen LogP contribution in [-0.2, 0) is 26.7 Å². The van der Waals surface area contributed by atoms with Crippen molar-refractivity contribution in [2.24, 2.45) is 0 Å². The Morgan fingerprint density at radius 2 is 1.58 bits per heavy atom. The average molecular weight is 598 g/mol. The summed E-state index contributed by atoms with van der Waals surface area (Å²) in [4.78, 5) is 32.5. The van der Waals surface area contributed by atoms with Gasteiger partial charge in [0.2, 0.25) is 11.1 Å². The van der Waals surface area contributed by atoms with E-state index < -0.39 is 12.0 Å². The van der Waals surface area contributed by atoms with Crippen molar-refractivity contribution >= 4 is 29.6 Å². The van der Waals surface area contributed by atoms with E-state index in [-0.39, 0.29) is 19.1 Å². The number of aromatic nitrogens is 3. The van der Waals surface area contributed by atoms with Crippen molar-refractivity contribution in [2.45, 2.75) is 44.3 Å². The zero-order chi connectivity index (χ0) is 30.2. The molecule has 43 heavy (non-hydrogen) atoms. The van der Waals surface area contributed by atoms with E-state index in [4.69, 9.17) is 19.6 Å². The Bertz CT molecular complexity index is 1570. The van der Waals surface area contributed by atoms with E-state index in [1.807, 2.05) is 81.4 Å². The number of carbonyl (C=O) groups is 2. The molecule has 1 N–H and O–H groups in total. The minimum absolute atomic E-state index is 0.0420. The van der Waals surface area contributed by atoms with Crippen molar-refractivity contribution in [3.63, 3.8) is 0 Å². The normalized spacial score (nSPS) is 14.1. The number of esters is 1. The van der Waals surface area contributed by atoms with Gasteiger partial charge in [0, 0.05) is 24.5 Å². The third kappa shape index (κ3) is 7.26. The van der Waals surface area contributed by atoms with Crippen molar-refractivity contribution < 1.29 is 19.1 Å². The minimum Gasteiger partial charge on any atom is -0.484 e. The number of allylic oxidation sites excluding steroid dienone is 1. The molecule has 1 aromatic heterocycles. The maximum absolute atomic E-state index is 13.6. The van der Waals surface area contributed by atoms with Crippen LogP contribution >= 0.6 is 11.8 Å². The van der Waals surface area contributed by atoms with Gasteiger partial charge in [0.1, 0.15) is 18.4 Å². The molecule has 222 valence electrons. The summed E-state index contributed by atoms with van der Waals surface area (Å²) in [7, 11) is 0. The number of ether oxygens (including phenoxy) is 2. The van der Waals surface area contributed by atoms with Gasteiger partial charge >= 0.3 is 5.97 Å². The van der Waals surface area contributed by atoms with Crippen molar-refractivity contribution in [1.82, 2.24) is 19.7 Å². The lowest BCUT2D eigenvalue weighted by molar-refractivity contribution is -0.141. The molecule has 1 amide bonds. The second-order valence-corrected chi connectivity index (χ2v) is 10.9. The van der Waals surface area contributed by atoms with Gasteiger partial charge < -0.3 is 19.7 Å². The topological polar surface area (TPSA) is 98.6 Å². The van der Waals surface area contributed by atoms with E-state index in [0.717, 1.165) is 11.1 Å². The quantitative estimate of drug-likeness (QED) is 0.160. The molecular weight excluding hydrogens is 562 g/mol. The predicted molar refractivity (Wildman–Crippen MR) is 167 cm³/mol. The highest BCUT2D eigenvalue weighted by molar-refractivity contribution is 7.98. The molecule has 0 saturated carbocycles. The Morgan fingerprint density at radius 3 is 2.23 bits per heavy atom. The number of carbonyl (C=O) groups excluding carboxylic acids is 2. The third-order valence-corrected chi connectivity index (χ3v) is 8.06. The standard InChI is InChI=1S/C33H35N5O4S/c1-4-37(5-2)28(39)21-41-27-18-16-26(17-19-27)30-29(31(40)42-20-24-12-8-6-9-13-24)23(3)34-32-35-33(36-38(30)32)43-22-25-14-10-7-11-15-25/h6-19,30H,4-5,20-22H2,1-3H3,(H,34,35,36). The summed E-state index contributed by atoms with van der Waals surface area (Å²) in [6.45, 7) is 7.10. The molecule has 4 aromatic rings. The van der Waals surface area contributed by atoms with E-state index in [1.54, 1.807) is 21.7 Å². The van der Waals surface area contributed by atoms with Crippen LogP contribution in [0.25, 0.3) is 0 Å². The van der Waals surface area contributed by atoms with Crippen LogP contribution in [0.15, 0.2) is 101 Å². The molecule has 0 bridgehead atoms. The SMILES string of the molecule is CCN(CC)C(=O)COc1ccc(C2C(C(=O)OCc3ccccc3)=C(C)Nc3nc(SCc4ccccc4)nn32)cc1. The molecular formula is C33H35N5O4S. The number of nitrogens with one attached hydrogen (secondary N) is 1. The van der Waals surface area contributed by atoms with E-state index in [1.165, 1.54) is 17.3 Å². The highest BCUT2D eigenvalue weighted by Gasteiger charge is 2.35. The Balaban J connectivity index is 1.40. The molecule has 10 heteroatoms. The average Bonchev–Trinajstić information content (AvgIpc) is 3.45. The summed E-state index contributed by atoms with van der Waals surface area (Å²) in [6.07, 6.45) is 0. The van der Waals surface area contributed by atoms with E-state index in [2.05, 4.69) is 17.4 Å². The third-order valence-electron chi connectivity index (χ3n) is 7.15. The summed E-state index contributed by atoms with van der Waals surface area (Å²) in [6, 6.07) is 26.5. The fourth-order valence-electron chi connectivity index (χ4n) is 4.85. The van der Waals surface area contributed by atoms with Crippen molar-refractivity contribution in [2.75, 3.05) is 25.0 Å². The molecule has 9 nitrogen and oxygen atoms in total. The van der Waals surface area contributed by atoms with Gasteiger partial charge in [-0.05, 0) is 49.6 Å². The van der Waals surface area contributed by atoms with Gasteiger partial charge in [-0.15, -0.1) is 5.10 Å². The Labute approximate surface area is 255 Å². The molecule has 1 atom stereocenters. The fourth-order valence-corrected chi connectivity index (χ4v) is 5.63. The number of thioether (sulfide) groups is 1. The Kier molecular flexibility index (Phi) is 9.78. The number of hydrogen-bond acceptors (Lipinski definition) is 8. The summed E-state index contributed by atoms with van der Waals surface area (Å²) in [5.41, 5.74) is 3.96. The number of amides is 1. The minimum atomic E-state index is -0.579. The van der Waals surface area contributed by atoms with Gasteiger partial charge in [-0.1, -0.05) is 84.6 Å². The molecule has 0 saturated heterocycles. The fraction of sp³-hybridized carbons (Fsp3) is 0.273. The highest BCUT2D eigenvalue weighted by Crippen LogP contribution is 2.37. The van der Waals surface area contributed by atoms with Crippen LogP contribution in [0.1, 0.15) is 43.5 Å². The first-order valence-corrected chi connectivity index (χ1v) is 15.3. The van der Waals surface area contributed by atoms with E-state index in [9.17, 15) is 9.59 Å². The van der Waals surface area contributed by atoms with Crippen LogP contribution in [0.3, 0.4) is 0 Å². The molecule has 0 fully saturated rings. The number of rotatable bonds is 12. The number of nitrogens with zero attached hydrogens (tertiary/aromatic N) is 4. The lowest BCUT2D eigenvalue weighted by Crippen LogP contribution is -2.34. The van der Waals surface area contributed by atoms with Gasteiger partial charge in [-0.3, -0.25) is 4.79 Å². The van der Waals surface area contributed by atoms with Crippen LogP contribution < -0.4 is 10.1 Å². The van der Waals surface area contributed by atoms with Crippen molar-refractivity contribution in [1.29, 1.82) is 0 Å². The first-order valence-electron chi connectivity index (χ1n) is 14.3. The van der Waals surface area contributed by atoms with Crippen LogP contribution in [0.4, 0.5) is 5.95 Å². The van der Waals surface area contributed by atoms with Crippen LogP contribution in [-0.4, -0.2) is 51.2 Å². The summed E-state index contributed by atoms with van der Waals surface area (Å²) in [5, 5.41) is 8.67. The Morgan fingerprint density at radius 1 is 0.930 bits per heavy atom. The van der Waals surface area contributed by atoms with Gasteiger partial charge in [0.05, 0.1) is 5.57 Å². The zero-order valence-corrected chi connectivity index (χ0v) is 25.3. The summed E-state index contributed by atoms with van der Waals surface area (Å²) < 4.78 is 13.3. The monoisotopic (exact) mass is 597 g/mol. The molecule has 1 aliphatic rings. The maximum atomic E-state index is 13.6. The van der Waals surface area contributed by atoms with E-state index >= 15 is 0 Å². The maximum Gasteiger partial charge on any atom is 0.338 e. The number of hydrogen-bond donors (Lipinski definition) is 1. The molecule has 0 radical (unpaired) electrons. The Hall–Kier alpha value is -4.57.